The van der Waals surface area contributed by atoms with Crippen molar-refractivity contribution in [3.63, 3.8) is 0 Å². The Bertz CT molecular complexity index is 482. The number of hydrogen-bond acceptors (Lipinski definition) is 4. The van der Waals surface area contributed by atoms with E-state index in [2.05, 4.69) is 4.84 Å². The first-order valence-corrected chi connectivity index (χ1v) is 5.82. The molecule has 1 aromatic rings. The van der Waals surface area contributed by atoms with Crippen LogP contribution >= 0.6 is 0 Å². The molecule has 16 heavy (non-hydrogen) atoms. The van der Waals surface area contributed by atoms with E-state index in [4.69, 9.17) is 5.11 Å². The predicted octanol–water partition coefficient (Wildman–Crippen LogP) is 0.290. The maximum Gasteiger partial charge on any atom is 0.331 e. The van der Waals surface area contributed by atoms with E-state index >= 15 is 0 Å². The van der Waals surface area contributed by atoms with Crippen LogP contribution < -0.4 is 4.89 Å². The molecule has 0 unspecified atom stereocenters. The van der Waals surface area contributed by atoms with Crippen molar-refractivity contribution in [1.82, 2.24) is 4.89 Å². The van der Waals surface area contributed by atoms with Gasteiger partial charge in [-0.25, -0.2) is 13.2 Å². The number of rotatable bonds is 5. The van der Waals surface area contributed by atoms with E-state index in [1.807, 2.05) is 0 Å². The molecule has 0 aliphatic heterocycles. The number of hydrogen-bond donors (Lipinski definition) is 2. The van der Waals surface area contributed by atoms with Crippen molar-refractivity contribution >= 4 is 16.0 Å². The van der Waals surface area contributed by atoms with Gasteiger partial charge < -0.3 is 5.11 Å². The number of sulfonamides is 1. The van der Waals surface area contributed by atoms with Crippen LogP contribution in [0.5, 0.6) is 0 Å². The van der Waals surface area contributed by atoms with Crippen LogP contribution in [0.25, 0.3) is 0 Å². The number of carboxylic acid groups (broad SMARTS) is 1. The highest BCUT2D eigenvalue weighted by atomic mass is 32.2. The van der Waals surface area contributed by atoms with Crippen molar-refractivity contribution < 1.29 is 23.2 Å². The number of aryl methyl sites for hydroxylation is 1. The number of nitrogens with one attached hydrogen (secondary N) is 1. The molecule has 2 N–H and O–H groups in total. The zero-order chi connectivity index (χ0) is 12.2. The maximum absolute atomic E-state index is 11.5. The summed E-state index contributed by atoms with van der Waals surface area (Å²) >= 11 is 0. The van der Waals surface area contributed by atoms with Gasteiger partial charge in [-0.3, -0.25) is 4.84 Å². The third kappa shape index (κ3) is 3.61. The van der Waals surface area contributed by atoms with Gasteiger partial charge in [-0.15, -0.1) is 0 Å². The first-order chi connectivity index (χ1) is 7.42. The Balaban J connectivity index is 2.74. The number of carbonyl (C=O) groups is 1. The van der Waals surface area contributed by atoms with Gasteiger partial charge in [0.25, 0.3) is 10.0 Å². The van der Waals surface area contributed by atoms with E-state index in [9.17, 15) is 13.2 Å². The molecule has 0 aliphatic carbocycles. The Morgan fingerprint density at radius 3 is 2.75 bits per heavy atom. The molecule has 0 spiro atoms. The van der Waals surface area contributed by atoms with Gasteiger partial charge >= 0.3 is 5.97 Å². The van der Waals surface area contributed by atoms with Crippen LogP contribution in [-0.4, -0.2) is 26.1 Å². The van der Waals surface area contributed by atoms with Gasteiger partial charge in [-0.1, -0.05) is 17.0 Å². The summed E-state index contributed by atoms with van der Waals surface area (Å²) in [6, 6.07) is 6.17. The second-order valence-electron chi connectivity index (χ2n) is 3.09. The monoisotopic (exact) mass is 245 g/mol. The summed E-state index contributed by atoms with van der Waals surface area (Å²) in [6.07, 6.45) is 0. The number of benzene rings is 1. The molecule has 88 valence electrons. The topological polar surface area (TPSA) is 92.7 Å². The normalized spacial score (nSPS) is 11.3. The largest absolute Gasteiger partial charge is 0.479 e. The molecular formula is C9H11NO5S. The molecule has 0 fully saturated rings. The average molecular weight is 245 g/mol. The fraction of sp³-hybridized carbons (Fsp3) is 0.222. The molecule has 0 heterocycles. The van der Waals surface area contributed by atoms with E-state index in [1.54, 1.807) is 23.9 Å². The Hall–Kier alpha value is -1.44. The van der Waals surface area contributed by atoms with E-state index in [0.717, 1.165) is 5.56 Å². The minimum atomic E-state index is -3.81. The van der Waals surface area contributed by atoms with Gasteiger partial charge in [0.05, 0.1) is 4.90 Å². The van der Waals surface area contributed by atoms with E-state index in [-0.39, 0.29) is 4.90 Å². The Morgan fingerprint density at radius 2 is 2.19 bits per heavy atom. The van der Waals surface area contributed by atoms with Gasteiger partial charge in [0.2, 0.25) is 0 Å². The van der Waals surface area contributed by atoms with Crippen LogP contribution in [0.4, 0.5) is 0 Å². The van der Waals surface area contributed by atoms with Crippen LogP contribution in [0.3, 0.4) is 0 Å². The van der Waals surface area contributed by atoms with Gasteiger partial charge in [0, 0.05) is 0 Å². The summed E-state index contributed by atoms with van der Waals surface area (Å²) in [7, 11) is -3.81. The van der Waals surface area contributed by atoms with Crippen LogP contribution in [0, 0.1) is 6.92 Å². The SMILES string of the molecule is Cc1cccc(S(=O)(=O)NOCC(=O)O)c1. The molecule has 0 aliphatic rings. The van der Waals surface area contributed by atoms with Crippen LogP contribution in [0.1, 0.15) is 5.56 Å². The summed E-state index contributed by atoms with van der Waals surface area (Å²) in [5.41, 5.74) is 0.779. The number of aliphatic carboxylic acids is 1. The molecule has 0 radical (unpaired) electrons. The molecular weight excluding hydrogens is 234 g/mol. The lowest BCUT2D eigenvalue weighted by molar-refractivity contribution is -0.143. The fourth-order valence-corrected chi connectivity index (χ4v) is 1.91. The van der Waals surface area contributed by atoms with Gasteiger partial charge in [0.1, 0.15) is 0 Å². The highest BCUT2D eigenvalue weighted by molar-refractivity contribution is 7.89. The Morgan fingerprint density at radius 1 is 1.50 bits per heavy atom. The lowest BCUT2D eigenvalue weighted by Gasteiger charge is -2.05. The third-order valence-electron chi connectivity index (χ3n) is 1.66. The van der Waals surface area contributed by atoms with Crippen molar-refractivity contribution in [3.05, 3.63) is 29.8 Å². The van der Waals surface area contributed by atoms with Gasteiger partial charge in [-0.2, -0.15) is 0 Å². The van der Waals surface area contributed by atoms with E-state index < -0.39 is 22.6 Å². The van der Waals surface area contributed by atoms with Crippen molar-refractivity contribution in [1.29, 1.82) is 0 Å². The zero-order valence-electron chi connectivity index (χ0n) is 8.50. The fourth-order valence-electron chi connectivity index (χ4n) is 0.999. The summed E-state index contributed by atoms with van der Waals surface area (Å²) in [6.45, 7) is 1.02. The van der Waals surface area contributed by atoms with Gasteiger partial charge in [0.15, 0.2) is 6.61 Å². The van der Waals surface area contributed by atoms with Crippen LogP contribution in [-0.2, 0) is 19.7 Å². The molecule has 0 atom stereocenters. The Labute approximate surface area is 92.9 Å². The predicted molar refractivity (Wildman–Crippen MR) is 55.1 cm³/mol. The smallest absolute Gasteiger partial charge is 0.331 e. The molecule has 6 nitrogen and oxygen atoms in total. The maximum atomic E-state index is 11.5. The van der Waals surface area contributed by atoms with Crippen LogP contribution in [0.2, 0.25) is 0 Å². The molecule has 0 bridgehead atoms. The molecule has 0 amide bonds. The van der Waals surface area contributed by atoms with Crippen molar-refractivity contribution in [2.45, 2.75) is 11.8 Å². The van der Waals surface area contributed by atoms with E-state index in [0.29, 0.717) is 0 Å². The zero-order valence-corrected chi connectivity index (χ0v) is 9.32. The minimum Gasteiger partial charge on any atom is -0.479 e. The first-order valence-electron chi connectivity index (χ1n) is 4.34. The highest BCUT2D eigenvalue weighted by Gasteiger charge is 2.14. The lowest BCUT2D eigenvalue weighted by atomic mass is 10.2. The quantitative estimate of drug-likeness (QED) is 0.727. The molecule has 0 aromatic heterocycles. The first kappa shape index (κ1) is 12.6. The summed E-state index contributed by atoms with van der Waals surface area (Å²) in [4.78, 5) is 16.2. The van der Waals surface area contributed by atoms with Crippen molar-refractivity contribution in [2.75, 3.05) is 6.61 Å². The van der Waals surface area contributed by atoms with Crippen LogP contribution in [0.15, 0.2) is 29.2 Å². The van der Waals surface area contributed by atoms with Gasteiger partial charge in [-0.05, 0) is 24.6 Å². The highest BCUT2D eigenvalue weighted by Crippen LogP contribution is 2.10. The molecule has 0 saturated carbocycles. The second-order valence-corrected chi connectivity index (χ2v) is 4.73. The summed E-state index contributed by atoms with van der Waals surface area (Å²) in [5.74, 6) is -1.26. The average Bonchev–Trinajstić information content (AvgIpc) is 2.16. The second kappa shape index (κ2) is 5.06. The van der Waals surface area contributed by atoms with Crippen molar-refractivity contribution in [2.24, 2.45) is 0 Å². The molecule has 1 aromatic carbocycles. The molecule has 0 saturated heterocycles. The molecule has 1 rings (SSSR count). The Kier molecular flexibility index (Phi) is 3.99. The summed E-state index contributed by atoms with van der Waals surface area (Å²) in [5, 5.41) is 8.27. The minimum absolute atomic E-state index is 0.0258. The lowest BCUT2D eigenvalue weighted by Crippen LogP contribution is -2.26. The molecule has 7 heteroatoms. The van der Waals surface area contributed by atoms with Crippen molar-refractivity contribution in [3.8, 4) is 0 Å². The third-order valence-corrected chi connectivity index (χ3v) is 2.88. The summed E-state index contributed by atoms with van der Waals surface area (Å²) < 4.78 is 23.1. The number of carboxylic acids is 1. The van der Waals surface area contributed by atoms with E-state index in [1.165, 1.54) is 12.1 Å². The standard InChI is InChI=1S/C9H11NO5S/c1-7-3-2-4-8(5-7)16(13,14)10-15-6-9(11)12/h2-5,10H,6H2,1H3,(H,11,12).